The summed E-state index contributed by atoms with van der Waals surface area (Å²) in [5, 5.41) is 5.61. The first-order chi connectivity index (χ1) is 10.2. The summed E-state index contributed by atoms with van der Waals surface area (Å²) < 4.78 is 14.3. The highest BCUT2D eigenvalue weighted by molar-refractivity contribution is 8.00. The van der Waals surface area contributed by atoms with Gasteiger partial charge < -0.3 is 0 Å². The van der Waals surface area contributed by atoms with Gasteiger partial charge in [-0.2, -0.15) is 0 Å². The maximum atomic E-state index is 13.0. The predicted molar refractivity (Wildman–Crippen MR) is 90.2 cm³/mol. The van der Waals surface area contributed by atoms with Gasteiger partial charge in [-0.15, -0.1) is 34.4 Å². The van der Waals surface area contributed by atoms with Gasteiger partial charge in [0.1, 0.15) is 5.82 Å². The van der Waals surface area contributed by atoms with Crippen LogP contribution in [0.2, 0.25) is 5.02 Å². The summed E-state index contributed by atoms with van der Waals surface area (Å²) >= 11 is 11.2. The van der Waals surface area contributed by atoms with E-state index in [0.717, 1.165) is 22.0 Å². The van der Waals surface area contributed by atoms with Gasteiger partial charge in [0.25, 0.3) is 0 Å². The maximum Gasteiger partial charge on any atom is 0.124 e. The highest BCUT2D eigenvalue weighted by Gasteiger charge is 2.08. The minimum atomic E-state index is -0.309. The molecule has 0 N–H and O–H groups in total. The number of thiophene rings is 1. The summed E-state index contributed by atoms with van der Waals surface area (Å²) in [6, 6.07) is 8.66. The van der Waals surface area contributed by atoms with Crippen LogP contribution in [-0.2, 0) is 12.2 Å². The number of thiazole rings is 1. The number of aromatic nitrogens is 1. The summed E-state index contributed by atoms with van der Waals surface area (Å²) in [5.41, 5.74) is 1.98. The third kappa shape index (κ3) is 4.07. The van der Waals surface area contributed by atoms with E-state index in [0.29, 0.717) is 11.4 Å². The zero-order chi connectivity index (χ0) is 14.7. The molecule has 0 amide bonds. The molecule has 0 atom stereocenters. The Morgan fingerprint density at radius 2 is 2.14 bits per heavy atom. The number of hydrogen-bond donors (Lipinski definition) is 0. The zero-order valence-corrected chi connectivity index (χ0v) is 14.1. The Labute approximate surface area is 139 Å². The van der Waals surface area contributed by atoms with Crippen LogP contribution in [0.25, 0.3) is 0 Å². The Balaban J connectivity index is 1.64. The molecule has 0 bridgehead atoms. The lowest BCUT2D eigenvalue weighted by atomic mass is 10.1. The largest absolute Gasteiger partial charge is 0.245 e. The number of halogens is 2. The van der Waals surface area contributed by atoms with Crippen LogP contribution in [0.1, 0.15) is 16.3 Å². The van der Waals surface area contributed by atoms with Crippen LogP contribution in [-0.4, -0.2) is 4.98 Å². The molecule has 0 aliphatic heterocycles. The second-order valence-corrected chi connectivity index (χ2v) is 7.94. The van der Waals surface area contributed by atoms with E-state index in [9.17, 15) is 4.39 Å². The third-order valence-corrected chi connectivity index (χ3v) is 6.23. The topological polar surface area (TPSA) is 12.9 Å². The molecule has 1 nitrogen and oxygen atoms in total. The number of thioether (sulfide) groups is 1. The molecule has 0 aliphatic rings. The fourth-order valence-corrected chi connectivity index (χ4v) is 4.65. The minimum absolute atomic E-state index is 0.309. The highest BCUT2D eigenvalue weighted by Crippen LogP contribution is 2.28. The van der Waals surface area contributed by atoms with E-state index in [4.69, 9.17) is 11.6 Å². The van der Waals surface area contributed by atoms with Crippen molar-refractivity contribution in [2.75, 3.05) is 0 Å². The van der Waals surface area contributed by atoms with Gasteiger partial charge in [0.05, 0.1) is 14.9 Å². The fraction of sp³-hybridized carbons (Fsp3) is 0.133. The van der Waals surface area contributed by atoms with Gasteiger partial charge in [0.2, 0.25) is 0 Å². The second kappa shape index (κ2) is 6.92. The first kappa shape index (κ1) is 15.0. The fourth-order valence-electron chi connectivity index (χ4n) is 1.82. The molecular weight excluding hydrogens is 345 g/mol. The van der Waals surface area contributed by atoms with Crippen molar-refractivity contribution in [2.45, 2.75) is 16.4 Å². The van der Waals surface area contributed by atoms with Crippen molar-refractivity contribution in [3.05, 3.63) is 68.2 Å². The van der Waals surface area contributed by atoms with E-state index in [1.54, 1.807) is 40.5 Å². The van der Waals surface area contributed by atoms with E-state index < -0.39 is 0 Å². The van der Waals surface area contributed by atoms with Gasteiger partial charge >= 0.3 is 0 Å². The van der Waals surface area contributed by atoms with Crippen molar-refractivity contribution < 1.29 is 4.39 Å². The van der Waals surface area contributed by atoms with Crippen molar-refractivity contribution in [2.24, 2.45) is 0 Å². The summed E-state index contributed by atoms with van der Waals surface area (Å²) in [6.07, 6.45) is 0.646. The van der Waals surface area contributed by atoms with Crippen molar-refractivity contribution >= 4 is 46.0 Å². The molecule has 21 heavy (non-hydrogen) atoms. The van der Waals surface area contributed by atoms with Crippen LogP contribution >= 0.6 is 46.0 Å². The Bertz CT molecular complexity index is 724. The van der Waals surface area contributed by atoms with Crippen molar-refractivity contribution in [1.29, 1.82) is 0 Å². The van der Waals surface area contributed by atoms with E-state index >= 15 is 0 Å². The van der Waals surface area contributed by atoms with Crippen LogP contribution < -0.4 is 0 Å². The van der Waals surface area contributed by atoms with Crippen molar-refractivity contribution in [1.82, 2.24) is 4.98 Å². The Morgan fingerprint density at radius 1 is 1.24 bits per heavy atom. The van der Waals surface area contributed by atoms with Gasteiger partial charge in [0, 0.05) is 22.6 Å². The molecule has 0 aliphatic carbocycles. The smallest absolute Gasteiger partial charge is 0.124 e. The van der Waals surface area contributed by atoms with Gasteiger partial charge in [-0.05, 0) is 29.1 Å². The van der Waals surface area contributed by atoms with Gasteiger partial charge in [-0.25, -0.2) is 9.37 Å². The van der Waals surface area contributed by atoms with E-state index in [1.165, 1.54) is 16.3 Å². The van der Waals surface area contributed by atoms with Crippen LogP contribution in [0.4, 0.5) is 4.39 Å². The molecule has 0 saturated heterocycles. The summed E-state index contributed by atoms with van der Waals surface area (Å²) in [4.78, 5) is 4.62. The molecule has 1 aromatic carbocycles. The van der Waals surface area contributed by atoms with Crippen LogP contribution in [0, 0.1) is 5.82 Å². The molecule has 0 radical (unpaired) electrons. The van der Waals surface area contributed by atoms with Crippen LogP contribution in [0.5, 0.6) is 0 Å². The van der Waals surface area contributed by atoms with Crippen LogP contribution in [0.3, 0.4) is 0 Å². The van der Waals surface area contributed by atoms with Gasteiger partial charge in [0.15, 0.2) is 0 Å². The summed E-state index contributed by atoms with van der Waals surface area (Å²) in [6.45, 7) is 0. The summed E-state index contributed by atoms with van der Waals surface area (Å²) in [5.74, 6) is 0.560. The molecule has 0 unspecified atom stereocenters. The third-order valence-electron chi connectivity index (χ3n) is 2.81. The Hall–Kier alpha value is -0.880. The number of hydrogen-bond acceptors (Lipinski definition) is 4. The van der Waals surface area contributed by atoms with E-state index in [1.807, 2.05) is 0 Å². The van der Waals surface area contributed by atoms with Crippen LogP contribution in [0.15, 0.2) is 45.3 Å². The Kier molecular flexibility index (Phi) is 4.95. The predicted octanol–water partition coefficient (Wildman–Crippen LogP) is 5.88. The first-order valence-electron chi connectivity index (χ1n) is 6.24. The molecule has 6 heteroatoms. The zero-order valence-electron chi connectivity index (χ0n) is 10.9. The monoisotopic (exact) mass is 355 g/mol. The summed E-state index contributed by atoms with van der Waals surface area (Å²) in [7, 11) is 0. The number of rotatable bonds is 5. The van der Waals surface area contributed by atoms with Crippen molar-refractivity contribution in [3.8, 4) is 0 Å². The molecule has 2 heterocycles. The molecule has 3 rings (SSSR count). The lowest BCUT2D eigenvalue weighted by Gasteiger charge is -2.01. The molecular formula is C15H11ClFNS3. The van der Waals surface area contributed by atoms with Crippen molar-refractivity contribution in [3.63, 3.8) is 0 Å². The first-order valence-corrected chi connectivity index (χ1v) is 9.36. The van der Waals surface area contributed by atoms with E-state index in [-0.39, 0.29) is 5.82 Å². The standard InChI is InChI=1S/C15H11ClFNS3/c16-13-7-11(17)4-3-10(13)6-14-18-12(8-20-14)9-21-15-2-1-5-19-15/h1-5,7-8H,6,9H2. The molecule has 108 valence electrons. The lowest BCUT2D eigenvalue weighted by Crippen LogP contribution is -1.90. The number of benzene rings is 1. The van der Waals surface area contributed by atoms with Gasteiger partial charge in [-0.3, -0.25) is 0 Å². The lowest BCUT2D eigenvalue weighted by molar-refractivity contribution is 0.627. The molecule has 0 saturated carbocycles. The minimum Gasteiger partial charge on any atom is -0.245 e. The highest BCUT2D eigenvalue weighted by atomic mass is 35.5. The number of nitrogens with zero attached hydrogens (tertiary/aromatic N) is 1. The maximum absolute atomic E-state index is 13.0. The quantitative estimate of drug-likeness (QED) is 0.530. The Morgan fingerprint density at radius 3 is 2.90 bits per heavy atom. The SMILES string of the molecule is Fc1ccc(Cc2nc(CSc3cccs3)cs2)c(Cl)c1. The van der Waals surface area contributed by atoms with Gasteiger partial charge in [-0.1, -0.05) is 23.7 Å². The molecule has 2 aromatic heterocycles. The van der Waals surface area contributed by atoms with E-state index in [2.05, 4.69) is 27.9 Å². The molecule has 3 aromatic rings. The molecule has 0 spiro atoms. The average Bonchev–Trinajstić information content (AvgIpc) is 3.11. The molecule has 0 fully saturated rings. The second-order valence-electron chi connectivity index (χ2n) is 4.37. The average molecular weight is 356 g/mol. The normalized spacial score (nSPS) is 11.0.